The largest absolute Gasteiger partial charge is 0.485 e. The van der Waals surface area contributed by atoms with Gasteiger partial charge in [0.1, 0.15) is 6.61 Å². The highest BCUT2D eigenvalue weighted by Crippen LogP contribution is 2.30. The van der Waals surface area contributed by atoms with Crippen LogP contribution >= 0.6 is 0 Å². The van der Waals surface area contributed by atoms with Crippen molar-refractivity contribution < 1.29 is 19.1 Å². The van der Waals surface area contributed by atoms with E-state index in [-0.39, 0.29) is 18.4 Å². The first-order chi connectivity index (χ1) is 12.7. The van der Waals surface area contributed by atoms with Crippen LogP contribution in [0.3, 0.4) is 0 Å². The number of amides is 2. The topological polar surface area (TPSA) is 67.9 Å². The summed E-state index contributed by atoms with van der Waals surface area (Å²) in [6, 6.07) is 15.0. The van der Waals surface area contributed by atoms with Crippen LogP contribution in [0.15, 0.2) is 48.5 Å². The van der Waals surface area contributed by atoms with Crippen molar-refractivity contribution in [3.05, 3.63) is 54.1 Å². The number of carbonyl (C=O) groups excluding carboxylic acids is 2. The van der Waals surface area contributed by atoms with Crippen LogP contribution in [0, 0.1) is 0 Å². The maximum absolute atomic E-state index is 12.3. The molecule has 0 unspecified atom stereocenters. The molecule has 26 heavy (non-hydrogen) atoms. The molecule has 2 heterocycles. The molecule has 0 spiro atoms. The summed E-state index contributed by atoms with van der Waals surface area (Å²) in [5.41, 5.74) is 1.87. The molecule has 0 aliphatic carbocycles. The first kappa shape index (κ1) is 16.4. The van der Waals surface area contributed by atoms with E-state index in [1.807, 2.05) is 42.5 Å². The first-order valence-corrected chi connectivity index (χ1v) is 8.76. The molecule has 6 heteroatoms. The minimum absolute atomic E-state index is 0.167. The third-order valence-electron chi connectivity index (χ3n) is 4.59. The molecular weight excluding hydrogens is 332 g/mol. The lowest BCUT2D eigenvalue weighted by atomic mass is 10.2. The van der Waals surface area contributed by atoms with E-state index in [4.69, 9.17) is 9.47 Å². The molecule has 1 saturated heterocycles. The molecular formula is C20H20N2O4. The lowest BCUT2D eigenvalue weighted by Gasteiger charge is -2.25. The van der Waals surface area contributed by atoms with Crippen LogP contribution in [-0.4, -0.2) is 31.1 Å². The van der Waals surface area contributed by atoms with Gasteiger partial charge >= 0.3 is 0 Å². The molecule has 2 aromatic rings. The summed E-state index contributed by atoms with van der Waals surface area (Å²) in [5, 5.41) is 2.87. The summed E-state index contributed by atoms with van der Waals surface area (Å²) in [6.07, 6.45) is 0.861. The fourth-order valence-electron chi connectivity index (χ4n) is 3.17. The van der Waals surface area contributed by atoms with Crippen LogP contribution in [-0.2, 0) is 16.1 Å². The van der Waals surface area contributed by atoms with E-state index in [0.717, 1.165) is 24.2 Å². The maximum atomic E-state index is 12.3. The summed E-state index contributed by atoms with van der Waals surface area (Å²) in [4.78, 5) is 25.9. The van der Waals surface area contributed by atoms with Gasteiger partial charge in [-0.1, -0.05) is 24.3 Å². The Hall–Kier alpha value is -3.02. The molecule has 1 N–H and O–H groups in total. The predicted molar refractivity (Wildman–Crippen MR) is 96.2 cm³/mol. The highest BCUT2D eigenvalue weighted by Gasteiger charge is 2.27. The average molecular weight is 352 g/mol. The van der Waals surface area contributed by atoms with Gasteiger partial charge in [0, 0.05) is 25.2 Å². The summed E-state index contributed by atoms with van der Waals surface area (Å²) < 4.78 is 11.3. The molecule has 134 valence electrons. The number of para-hydroxylation sites is 2. The van der Waals surface area contributed by atoms with Crippen LogP contribution in [0.25, 0.3) is 0 Å². The Labute approximate surface area is 151 Å². The van der Waals surface area contributed by atoms with Crippen molar-refractivity contribution in [2.75, 3.05) is 18.1 Å². The third-order valence-corrected chi connectivity index (χ3v) is 4.59. The standard InChI is InChI=1S/C20H20N2O4/c23-19-6-3-11-22(19)15-9-7-14(8-10-15)12-21-20(24)18-13-25-16-4-1-2-5-17(16)26-18/h1-2,4-5,7-10,18H,3,6,11-13H2,(H,21,24)/t18-/m1/s1. The number of nitrogens with one attached hydrogen (secondary N) is 1. The van der Waals surface area contributed by atoms with Crippen LogP contribution in [0.4, 0.5) is 5.69 Å². The Bertz CT molecular complexity index is 819. The van der Waals surface area contributed by atoms with Gasteiger partial charge in [0.05, 0.1) is 0 Å². The predicted octanol–water partition coefficient (Wildman–Crippen LogP) is 2.27. The Morgan fingerprint density at radius 1 is 1.12 bits per heavy atom. The number of anilines is 1. The van der Waals surface area contributed by atoms with Crippen LogP contribution in [0.1, 0.15) is 18.4 Å². The zero-order valence-electron chi connectivity index (χ0n) is 14.3. The van der Waals surface area contributed by atoms with Gasteiger partial charge in [-0.2, -0.15) is 0 Å². The smallest absolute Gasteiger partial charge is 0.264 e. The minimum Gasteiger partial charge on any atom is -0.485 e. The third kappa shape index (κ3) is 3.35. The number of nitrogens with zero attached hydrogens (tertiary/aromatic N) is 1. The second-order valence-electron chi connectivity index (χ2n) is 6.40. The average Bonchev–Trinajstić information content (AvgIpc) is 3.12. The lowest BCUT2D eigenvalue weighted by Crippen LogP contribution is -2.43. The molecule has 1 fully saturated rings. The molecule has 0 saturated carbocycles. The number of benzene rings is 2. The summed E-state index contributed by atoms with van der Waals surface area (Å²) in [7, 11) is 0. The number of ether oxygens (including phenoxy) is 2. The number of rotatable bonds is 4. The molecule has 2 aliphatic rings. The highest BCUT2D eigenvalue weighted by molar-refractivity contribution is 5.95. The minimum atomic E-state index is -0.661. The second kappa shape index (κ2) is 7.07. The number of hydrogen-bond donors (Lipinski definition) is 1. The maximum Gasteiger partial charge on any atom is 0.264 e. The van der Waals surface area contributed by atoms with Gasteiger partial charge in [-0.15, -0.1) is 0 Å². The van der Waals surface area contributed by atoms with E-state index >= 15 is 0 Å². The van der Waals surface area contributed by atoms with Gasteiger partial charge in [-0.25, -0.2) is 0 Å². The van der Waals surface area contributed by atoms with Crippen molar-refractivity contribution in [2.24, 2.45) is 0 Å². The second-order valence-corrected chi connectivity index (χ2v) is 6.40. The molecule has 0 radical (unpaired) electrons. The van der Waals surface area contributed by atoms with Crippen molar-refractivity contribution in [2.45, 2.75) is 25.5 Å². The van der Waals surface area contributed by atoms with Gasteiger partial charge in [-0.3, -0.25) is 9.59 Å². The van der Waals surface area contributed by atoms with Gasteiger partial charge in [-0.05, 0) is 36.2 Å². The van der Waals surface area contributed by atoms with Crippen LogP contribution in [0.2, 0.25) is 0 Å². The Morgan fingerprint density at radius 2 is 1.88 bits per heavy atom. The molecule has 0 aromatic heterocycles. The van der Waals surface area contributed by atoms with Crippen molar-refractivity contribution >= 4 is 17.5 Å². The molecule has 0 bridgehead atoms. The van der Waals surface area contributed by atoms with E-state index in [9.17, 15) is 9.59 Å². The number of fused-ring (bicyclic) bond motifs is 1. The van der Waals surface area contributed by atoms with E-state index in [1.165, 1.54) is 0 Å². The van der Waals surface area contributed by atoms with E-state index in [1.54, 1.807) is 11.0 Å². The van der Waals surface area contributed by atoms with Gasteiger partial charge in [0.25, 0.3) is 5.91 Å². The van der Waals surface area contributed by atoms with Crippen molar-refractivity contribution in [3.8, 4) is 11.5 Å². The van der Waals surface area contributed by atoms with E-state index < -0.39 is 6.10 Å². The van der Waals surface area contributed by atoms with Crippen LogP contribution < -0.4 is 19.7 Å². The summed E-state index contributed by atoms with van der Waals surface area (Å²) >= 11 is 0. The quantitative estimate of drug-likeness (QED) is 0.917. The van der Waals surface area contributed by atoms with Crippen molar-refractivity contribution in [1.29, 1.82) is 0 Å². The molecule has 1 atom stereocenters. The molecule has 6 nitrogen and oxygen atoms in total. The normalized spacial score (nSPS) is 18.7. The zero-order valence-corrected chi connectivity index (χ0v) is 14.3. The molecule has 4 rings (SSSR count). The number of hydrogen-bond acceptors (Lipinski definition) is 4. The fourth-order valence-corrected chi connectivity index (χ4v) is 3.17. The van der Waals surface area contributed by atoms with Crippen LogP contribution in [0.5, 0.6) is 11.5 Å². The molecule has 2 amide bonds. The van der Waals surface area contributed by atoms with Crippen molar-refractivity contribution in [1.82, 2.24) is 5.32 Å². The first-order valence-electron chi connectivity index (χ1n) is 8.76. The Kier molecular flexibility index (Phi) is 4.48. The zero-order chi connectivity index (χ0) is 17.9. The van der Waals surface area contributed by atoms with E-state index in [0.29, 0.717) is 24.5 Å². The SMILES string of the molecule is O=C(NCc1ccc(N2CCCC2=O)cc1)[C@H]1COc2ccccc2O1. The highest BCUT2D eigenvalue weighted by atomic mass is 16.6. The summed E-state index contributed by atoms with van der Waals surface area (Å²) in [5.74, 6) is 1.20. The Balaban J connectivity index is 1.33. The van der Waals surface area contributed by atoms with Crippen molar-refractivity contribution in [3.63, 3.8) is 0 Å². The van der Waals surface area contributed by atoms with E-state index in [2.05, 4.69) is 5.32 Å². The monoisotopic (exact) mass is 352 g/mol. The fraction of sp³-hybridized carbons (Fsp3) is 0.300. The lowest BCUT2D eigenvalue weighted by molar-refractivity contribution is -0.130. The van der Waals surface area contributed by atoms with Gasteiger partial charge in [0.15, 0.2) is 11.5 Å². The van der Waals surface area contributed by atoms with Gasteiger partial charge < -0.3 is 19.7 Å². The molecule has 2 aromatic carbocycles. The summed E-state index contributed by atoms with van der Waals surface area (Å²) in [6.45, 7) is 1.36. The Morgan fingerprint density at radius 3 is 2.62 bits per heavy atom. The van der Waals surface area contributed by atoms with Gasteiger partial charge in [0.2, 0.25) is 12.0 Å². The number of carbonyl (C=O) groups is 2. The molecule has 2 aliphatic heterocycles.